The van der Waals surface area contributed by atoms with E-state index in [1.807, 2.05) is 83.1 Å². The second kappa shape index (κ2) is 23.1. The normalized spacial score (nSPS) is 25.1. The van der Waals surface area contributed by atoms with Gasteiger partial charge in [0.25, 0.3) is 0 Å². The van der Waals surface area contributed by atoms with Gasteiger partial charge in [-0.3, -0.25) is 28.8 Å². The van der Waals surface area contributed by atoms with Crippen LogP contribution in [0.15, 0.2) is 6.20 Å². The van der Waals surface area contributed by atoms with Crippen LogP contribution in [0.2, 0.25) is 0 Å². The van der Waals surface area contributed by atoms with E-state index >= 15 is 0 Å². The zero-order valence-electron chi connectivity index (χ0n) is 36.7. The number of fused-ring (bicyclic) bond motifs is 2. The number of carboxylic acids is 1. The van der Waals surface area contributed by atoms with E-state index in [9.17, 15) is 38.7 Å². The minimum Gasteiger partial charge on any atom is -0.480 e. The number of hydrogen-bond donors (Lipinski definition) is 7. The fraction of sp³-hybridized carbons (Fsp3) is 0.780. The number of rotatable bonds is 13. The molecule has 7 N–H and O–H groups in total. The van der Waals surface area contributed by atoms with Gasteiger partial charge in [-0.1, -0.05) is 88.3 Å². The maximum absolute atomic E-state index is 14.1. The highest BCUT2D eigenvalue weighted by atomic mass is 16.4. The molecule has 0 spiro atoms. The third-order valence-electron chi connectivity index (χ3n) is 9.60. The molecule has 2 heterocycles. The van der Waals surface area contributed by atoms with Crippen LogP contribution in [0, 0.1) is 35.5 Å². The molecule has 0 aliphatic carbocycles. The van der Waals surface area contributed by atoms with Gasteiger partial charge in [0.2, 0.25) is 35.4 Å². The van der Waals surface area contributed by atoms with Gasteiger partial charge in [-0.2, -0.15) is 0 Å². The van der Waals surface area contributed by atoms with Crippen LogP contribution in [0.25, 0.3) is 0 Å². The number of aliphatic carboxylic acids is 1. The average Bonchev–Trinajstić information content (AvgIpc) is 3.55. The maximum atomic E-state index is 14.1. The van der Waals surface area contributed by atoms with Crippen LogP contribution in [0.3, 0.4) is 0 Å². The molecule has 1 aromatic rings. The Labute approximate surface area is 344 Å². The lowest BCUT2D eigenvalue weighted by molar-refractivity contribution is -0.142. The van der Waals surface area contributed by atoms with Crippen molar-refractivity contribution in [3.8, 4) is 0 Å². The van der Waals surface area contributed by atoms with Crippen LogP contribution in [0.1, 0.15) is 133 Å². The van der Waals surface area contributed by atoms with E-state index in [1.165, 1.54) is 10.9 Å². The first-order valence-electron chi connectivity index (χ1n) is 20.9. The molecule has 1 aromatic heterocycles. The third-order valence-corrected chi connectivity index (χ3v) is 9.60. The van der Waals surface area contributed by atoms with E-state index in [2.05, 4.69) is 42.2 Å². The molecule has 2 bridgehead atoms. The van der Waals surface area contributed by atoms with Gasteiger partial charge in [-0.05, 0) is 74.0 Å². The highest BCUT2D eigenvalue weighted by Gasteiger charge is 2.36. The van der Waals surface area contributed by atoms with Crippen molar-refractivity contribution in [3.63, 3.8) is 0 Å². The number of carbonyl (C=O) groups excluding carboxylic acids is 6. The SMILES string of the molecule is CC(C)CC1NC(=O)[C@H](CC(C)C)NC(=O)[C@H](CC(C)C)NC(=O)[C@H](CC(C)C)NC(=O)C(CC(C)C)n2cc(nn2)C[C@@H](C(=O)O)NC(=O)[C@H](CC(C)C)NC1=O. The lowest BCUT2D eigenvalue weighted by atomic mass is 9.97. The molecule has 2 rings (SSSR count). The van der Waals surface area contributed by atoms with Crippen LogP contribution in [-0.4, -0.2) is 97.8 Å². The summed E-state index contributed by atoms with van der Waals surface area (Å²) in [5.74, 6) is -5.29. The van der Waals surface area contributed by atoms with Crippen molar-refractivity contribution in [2.75, 3.05) is 0 Å². The summed E-state index contributed by atoms with van der Waals surface area (Å²) in [7, 11) is 0. The number of nitrogens with one attached hydrogen (secondary N) is 6. The summed E-state index contributed by atoms with van der Waals surface area (Å²) in [6.07, 6.45) is 2.55. The highest BCUT2D eigenvalue weighted by Crippen LogP contribution is 2.20. The summed E-state index contributed by atoms with van der Waals surface area (Å²) < 4.78 is 1.33. The molecule has 58 heavy (non-hydrogen) atoms. The van der Waals surface area contributed by atoms with Gasteiger partial charge < -0.3 is 37.0 Å². The van der Waals surface area contributed by atoms with Crippen molar-refractivity contribution in [2.45, 2.75) is 170 Å². The van der Waals surface area contributed by atoms with Crippen LogP contribution < -0.4 is 31.9 Å². The Kier molecular flexibility index (Phi) is 19.8. The van der Waals surface area contributed by atoms with Crippen molar-refractivity contribution in [2.24, 2.45) is 35.5 Å². The fourth-order valence-electron chi connectivity index (χ4n) is 6.89. The number of aromatic nitrogens is 3. The Bertz CT molecular complexity index is 1560. The first-order chi connectivity index (χ1) is 27.0. The average molecular weight is 818 g/mol. The van der Waals surface area contributed by atoms with Crippen molar-refractivity contribution >= 4 is 41.4 Å². The molecule has 0 saturated heterocycles. The van der Waals surface area contributed by atoms with Crippen molar-refractivity contribution in [1.29, 1.82) is 0 Å². The van der Waals surface area contributed by atoms with Crippen LogP contribution in [0.5, 0.6) is 0 Å². The largest absolute Gasteiger partial charge is 0.480 e. The van der Waals surface area contributed by atoms with E-state index in [0.717, 1.165) is 0 Å². The fourth-order valence-corrected chi connectivity index (χ4v) is 6.89. The second-order valence-corrected chi connectivity index (χ2v) is 18.4. The zero-order valence-corrected chi connectivity index (χ0v) is 36.7. The lowest BCUT2D eigenvalue weighted by Gasteiger charge is -2.29. The number of carboxylic acid groups (broad SMARTS) is 1. The Morgan fingerprint density at radius 1 is 0.534 bits per heavy atom. The predicted molar refractivity (Wildman–Crippen MR) is 219 cm³/mol. The molecule has 2 unspecified atom stereocenters. The topological polar surface area (TPSA) is 243 Å². The van der Waals surface area contributed by atoms with E-state index in [1.54, 1.807) is 0 Å². The van der Waals surface area contributed by atoms with Gasteiger partial charge in [-0.15, -0.1) is 5.10 Å². The van der Waals surface area contributed by atoms with E-state index in [0.29, 0.717) is 6.42 Å². The van der Waals surface area contributed by atoms with E-state index < -0.39 is 83.7 Å². The minimum atomic E-state index is -1.47. The summed E-state index contributed by atoms with van der Waals surface area (Å²) in [5, 5.41) is 35.2. The summed E-state index contributed by atoms with van der Waals surface area (Å²) in [6, 6.07) is -7.82. The standard InChI is InChI=1S/C41H71N9O8/c1-21(2)13-28-35(51)43-29(14-22(3)4)37(53)45-31(16-24(7)8)39(55)47-33(41(57)58)19-27-20-50(49-48-27)34(18-26(11)12)40(56)46-32(17-25(9)10)38(54)44-30(15-23(5)6)36(52)42-28/h20-26,28-34H,13-19H2,1-12H3,(H,42,52)(H,43,51)(H,44,54)(H,45,53)(H,46,56)(H,47,55)(H,57,58)/t28-,29?,30-,31-,32-,33-,34?/m0/s1. The van der Waals surface area contributed by atoms with Gasteiger partial charge in [0.05, 0.1) is 5.69 Å². The van der Waals surface area contributed by atoms with Crippen LogP contribution in [0.4, 0.5) is 0 Å². The number of nitrogens with zero attached hydrogens (tertiary/aromatic N) is 3. The maximum Gasteiger partial charge on any atom is 0.326 e. The van der Waals surface area contributed by atoms with Gasteiger partial charge in [0, 0.05) is 12.6 Å². The van der Waals surface area contributed by atoms with Crippen LogP contribution in [-0.2, 0) is 40.0 Å². The zero-order chi connectivity index (χ0) is 44.0. The Morgan fingerprint density at radius 3 is 1.12 bits per heavy atom. The van der Waals surface area contributed by atoms with Gasteiger partial charge in [-0.25, -0.2) is 9.48 Å². The molecule has 6 amide bonds. The Balaban J connectivity index is 2.76. The molecular formula is C41H71N9O8. The summed E-state index contributed by atoms with van der Waals surface area (Å²) in [5.41, 5.74) is 0.187. The first-order valence-corrected chi connectivity index (χ1v) is 20.9. The Hall–Kier alpha value is -4.57. The van der Waals surface area contributed by atoms with Crippen LogP contribution >= 0.6 is 0 Å². The number of amides is 6. The number of hydrogen-bond acceptors (Lipinski definition) is 9. The molecule has 0 aromatic carbocycles. The minimum absolute atomic E-state index is 0.00203. The first kappa shape index (κ1) is 49.6. The van der Waals surface area contributed by atoms with Gasteiger partial charge in [0.1, 0.15) is 42.3 Å². The predicted octanol–water partition coefficient (Wildman–Crippen LogP) is 2.65. The lowest BCUT2D eigenvalue weighted by Crippen LogP contribution is -2.60. The summed E-state index contributed by atoms with van der Waals surface area (Å²) in [4.78, 5) is 96.4. The Morgan fingerprint density at radius 2 is 0.828 bits per heavy atom. The van der Waals surface area contributed by atoms with Crippen molar-refractivity contribution in [1.82, 2.24) is 46.9 Å². The molecule has 17 nitrogen and oxygen atoms in total. The molecule has 0 radical (unpaired) electrons. The quantitative estimate of drug-likeness (QED) is 0.154. The van der Waals surface area contributed by atoms with Crippen molar-refractivity contribution in [3.05, 3.63) is 11.9 Å². The molecule has 17 heteroatoms. The van der Waals surface area contributed by atoms with Crippen molar-refractivity contribution < 1.29 is 38.7 Å². The van der Waals surface area contributed by atoms with E-state index in [4.69, 9.17) is 0 Å². The highest BCUT2D eigenvalue weighted by molar-refractivity contribution is 5.97. The second-order valence-electron chi connectivity index (χ2n) is 18.4. The van der Waals surface area contributed by atoms with Gasteiger partial charge in [0.15, 0.2) is 0 Å². The molecule has 1 aliphatic rings. The summed E-state index contributed by atoms with van der Waals surface area (Å²) in [6.45, 7) is 22.7. The molecule has 7 atom stereocenters. The monoisotopic (exact) mass is 818 g/mol. The summed E-state index contributed by atoms with van der Waals surface area (Å²) >= 11 is 0. The van der Waals surface area contributed by atoms with Gasteiger partial charge >= 0.3 is 5.97 Å². The molecular weight excluding hydrogens is 747 g/mol. The molecule has 0 fully saturated rings. The third kappa shape index (κ3) is 16.7. The number of carbonyl (C=O) groups is 7. The molecule has 328 valence electrons. The molecule has 0 saturated carbocycles. The smallest absolute Gasteiger partial charge is 0.326 e. The molecule has 1 aliphatic heterocycles. The van der Waals surface area contributed by atoms with E-state index in [-0.39, 0.29) is 79.7 Å².